The third kappa shape index (κ3) is 2.88. The van der Waals surface area contributed by atoms with Crippen molar-refractivity contribution in [3.05, 3.63) is 38.3 Å². The van der Waals surface area contributed by atoms with Gasteiger partial charge in [0.1, 0.15) is 0 Å². The maximum absolute atomic E-state index is 6.20. The molecule has 0 saturated heterocycles. The minimum absolute atomic E-state index is 0.0341. The molecule has 1 unspecified atom stereocenters. The summed E-state index contributed by atoms with van der Waals surface area (Å²) in [7, 11) is 1.91. The van der Waals surface area contributed by atoms with Crippen LogP contribution in [0.4, 0.5) is 0 Å². The molecule has 6 heteroatoms. The van der Waals surface area contributed by atoms with Crippen LogP contribution in [0.2, 0.25) is 8.67 Å². The molecule has 3 nitrogen and oxygen atoms in total. The van der Waals surface area contributed by atoms with E-state index in [1.165, 1.54) is 11.3 Å². The fraction of sp³-hybridized carbons (Fsp3) is 0.417. The molecule has 0 aromatic carbocycles. The van der Waals surface area contributed by atoms with Gasteiger partial charge < -0.3 is 5.32 Å². The molecule has 1 atom stereocenters. The zero-order chi connectivity index (χ0) is 13.1. The van der Waals surface area contributed by atoms with Gasteiger partial charge in [0.25, 0.3) is 0 Å². The number of hydrogen-bond acceptors (Lipinski definition) is 3. The van der Waals surface area contributed by atoms with Crippen LogP contribution in [0.3, 0.4) is 0 Å². The van der Waals surface area contributed by atoms with E-state index in [9.17, 15) is 0 Å². The van der Waals surface area contributed by atoms with Crippen molar-refractivity contribution in [1.29, 1.82) is 0 Å². The van der Waals surface area contributed by atoms with Gasteiger partial charge in [0, 0.05) is 23.9 Å². The normalized spacial score (nSPS) is 12.9. The van der Waals surface area contributed by atoms with Crippen LogP contribution in [0.25, 0.3) is 0 Å². The largest absolute Gasteiger partial charge is 0.309 e. The molecule has 2 heterocycles. The lowest BCUT2D eigenvalue weighted by atomic mass is 10.1. The Kier molecular flexibility index (Phi) is 4.67. The van der Waals surface area contributed by atoms with Crippen LogP contribution in [-0.2, 0) is 6.54 Å². The number of hydrogen-bond donors (Lipinski definition) is 1. The summed E-state index contributed by atoms with van der Waals surface area (Å²) in [5.41, 5.74) is 2.10. The SMILES string of the molecule is CCCn1cc(C(NC)c2cc(Cl)sc2Cl)cn1. The summed E-state index contributed by atoms with van der Waals surface area (Å²) in [6.45, 7) is 3.06. The van der Waals surface area contributed by atoms with E-state index in [0.29, 0.717) is 4.34 Å². The van der Waals surface area contributed by atoms with Gasteiger partial charge in [-0.15, -0.1) is 11.3 Å². The van der Waals surface area contributed by atoms with Crippen LogP contribution < -0.4 is 5.32 Å². The van der Waals surface area contributed by atoms with Gasteiger partial charge in [-0.3, -0.25) is 4.68 Å². The Bertz CT molecular complexity index is 521. The van der Waals surface area contributed by atoms with Crippen molar-refractivity contribution in [3.8, 4) is 0 Å². The van der Waals surface area contributed by atoms with Crippen LogP contribution in [0.5, 0.6) is 0 Å². The summed E-state index contributed by atoms with van der Waals surface area (Å²) in [4.78, 5) is 0. The number of rotatable bonds is 5. The highest BCUT2D eigenvalue weighted by molar-refractivity contribution is 7.20. The zero-order valence-corrected chi connectivity index (χ0v) is 12.6. The van der Waals surface area contributed by atoms with Crippen LogP contribution in [0, 0.1) is 0 Å². The van der Waals surface area contributed by atoms with Gasteiger partial charge in [0.2, 0.25) is 0 Å². The van der Waals surface area contributed by atoms with Gasteiger partial charge in [0.05, 0.1) is 20.9 Å². The predicted molar refractivity (Wildman–Crippen MR) is 77.8 cm³/mol. The second-order valence-corrected chi connectivity index (χ2v) is 6.32. The lowest BCUT2D eigenvalue weighted by Gasteiger charge is -2.13. The second-order valence-electron chi connectivity index (χ2n) is 4.04. The van der Waals surface area contributed by atoms with Gasteiger partial charge in [-0.2, -0.15) is 5.10 Å². The first-order chi connectivity index (χ1) is 8.65. The fourth-order valence-corrected chi connectivity index (χ4v) is 3.46. The van der Waals surface area contributed by atoms with E-state index in [-0.39, 0.29) is 6.04 Å². The van der Waals surface area contributed by atoms with Crippen LogP contribution in [-0.4, -0.2) is 16.8 Å². The van der Waals surface area contributed by atoms with Gasteiger partial charge in [-0.25, -0.2) is 0 Å². The molecule has 1 N–H and O–H groups in total. The molecule has 2 aromatic heterocycles. The highest BCUT2D eigenvalue weighted by Gasteiger charge is 2.19. The van der Waals surface area contributed by atoms with Crippen molar-refractivity contribution >= 4 is 34.5 Å². The fourth-order valence-electron chi connectivity index (χ4n) is 1.93. The summed E-state index contributed by atoms with van der Waals surface area (Å²) in [5, 5.41) is 7.60. The average Bonchev–Trinajstić information content (AvgIpc) is 2.89. The Labute approximate surface area is 121 Å². The topological polar surface area (TPSA) is 29.9 Å². The maximum atomic E-state index is 6.20. The van der Waals surface area contributed by atoms with E-state index >= 15 is 0 Å². The maximum Gasteiger partial charge on any atom is 0.0995 e. The van der Waals surface area contributed by atoms with Crippen LogP contribution in [0.15, 0.2) is 18.5 Å². The Morgan fingerprint density at radius 3 is 2.83 bits per heavy atom. The predicted octanol–water partition coefficient (Wildman–Crippen LogP) is 3.97. The molecule has 2 rings (SSSR count). The summed E-state index contributed by atoms with van der Waals surface area (Å²) >= 11 is 13.6. The minimum Gasteiger partial charge on any atom is -0.309 e. The smallest absolute Gasteiger partial charge is 0.0995 e. The van der Waals surface area contributed by atoms with Crippen molar-refractivity contribution in [2.24, 2.45) is 0 Å². The van der Waals surface area contributed by atoms with Crippen molar-refractivity contribution in [1.82, 2.24) is 15.1 Å². The molecule has 98 valence electrons. The van der Waals surface area contributed by atoms with Gasteiger partial charge in [-0.05, 0) is 19.5 Å². The first-order valence-electron chi connectivity index (χ1n) is 5.80. The summed E-state index contributed by atoms with van der Waals surface area (Å²) in [6.07, 6.45) is 4.99. The number of nitrogens with zero attached hydrogens (tertiary/aromatic N) is 2. The quantitative estimate of drug-likeness (QED) is 0.906. The molecule has 0 radical (unpaired) electrons. The number of nitrogens with one attached hydrogen (secondary N) is 1. The summed E-state index contributed by atoms with van der Waals surface area (Å²) in [6, 6.07) is 1.94. The average molecular weight is 304 g/mol. The molecule has 2 aromatic rings. The molecule has 0 aliphatic rings. The summed E-state index contributed by atoms with van der Waals surface area (Å²) < 4.78 is 3.38. The van der Waals surface area contributed by atoms with Gasteiger partial charge in [-0.1, -0.05) is 30.1 Å². The van der Waals surface area contributed by atoms with Gasteiger partial charge in [0.15, 0.2) is 0 Å². The highest BCUT2D eigenvalue weighted by Crippen LogP contribution is 2.37. The Balaban J connectivity index is 2.29. The van der Waals surface area contributed by atoms with E-state index in [1.807, 2.05) is 30.2 Å². The molecule has 0 spiro atoms. The molecular formula is C12H15Cl2N3S. The lowest BCUT2D eigenvalue weighted by Crippen LogP contribution is -2.16. The number of halogens is 2. The number of aromatic nitrogens is 2. The highest BCUT2D eigenvalue weighted by atomic mass is 35.5. The minimum atomic E-state index is 0.0341. The molecule has 0 aliphatic heterocycles. The molecule has 0 amide bonds. The molecule has 0 fully saturated rings. The Morgan fingerprint density at radius 1 is 1.50 bits per heavy atom. The summed E-state index contributed by atoms with van der Waals surface area (Å²) in [5.74, 6) is 0. The number of aryl methyl sites for hydroxylation is 1. The molecular weight excluding hydrogens is 289 g/mol. The third-order valence-corrected chi connectivity index (χ3v) is 4.24. The van der Waals surface area contributed by atoms with Crippen LogP contribution >= 0.6 is 34.5 Å². The Morgan fingerprint density at radius 2 is 2.28 bits per heavy atom. The molecule has 0 saturated carbocycles. The molecule has 0 aliphatic carbocycles. The number of thiophene rings is 1. The lowest BCUT2D eigenvalue weighted by molar-refractivity contribution is 0.600. The molecule has 18 heavy (non-hydrogen) atoms. The zero-order valence-electron chi connectivity index (χ0n) is 10.3. The van der Waals surface area contributed by atoms with Crippen molar-refractivity contribution < 1.29 is 0 Å². The van der Waals surface area contributed by atoms with Crippen molar-refractivity contribution in [3.63, 3.8) is 0 Å². The molecule has 0 bridgehead atoms. The second kappa shape index (κ2) is 6.06. The van der Waals surface area contributed by atoms with E-state index < -0.39 is 0 Å². The van der Waals surface area contributed by atoms with E-state index in [1.54, 1.807) is 0 Å². The van der Waals surface area contributed by atoms with Crippen molar-refractivity contribution in [2.45, 2.75) is 25.9 Å². The van der Waals surface area contributed by atoms with Crippen molar-refractivity contribution in [2.75, 3.05) is 7.05 Å². The monoisotopic (exact) mass is 303 g/mol. The van der Waals surface area contributed by atoms with E-state index in [0.717, 1.165) is 28.4 Å². The van der Waals surface area contributed by atoms with E-state index in [4.69, 9.17) is 23.2 Å². The van der Waals surface area contributed by atoms with E-state index in [2.05, 4.69) is 17.3 Å². The standard InChI is InChI=1S/C12H15Cl2N3S/c1-3-4-17-7-8(6-16-17)11(15-2)9-5-10(13)18-12(9)14/h5-7,11,15H,3-4H2,1-2H3. The Hall–Kier alpha value is -0.550. The van der Waals surface area contributed by atoms with Crippen LogP contribution in [0.1, 0.15) is 30.5 Å². The first-order valence-corrected chi connectivity index (χ1v) is 7.37. The third-order valence-electron chi connectivity index (χ3n) is 2.72. The first kappa shape index (κ1) is 13.9. The van der Waals surface area contributed by atoms with Gasteiger partial charge >= 0.3 is 0 Å².